The number of rotatable bonds is 6. The van der Waals surface area contributed by atoms with Crippen LogP contribution < -0.4 is 10.3 Å². The summed E-state index contributed by atoms with van der Waals surface area (Å²) in [5.41, 5.74) is 3.88. The smallest absolute Gasteiger partial charge is 0.276 e. The van der Waals surface area contributed by atoms with E-state index >= 15 is 0 Å². The molecule has 2 heterocycles. The highest BCUT2D eigenvalue weighted by atomic mass is 16.5. The maximum Gasteiger partial charge on any atom is 0.276 e. The molecular weight excluding hydrogens is 378 g/mol. The predicted octanol–water partition coefficient (Wildman–Crippen LogP) is 4.03. The minimum Gasteiger partial charge on any atom is -0.497 e. The average Bonchev–Trinajstić information content (AvgIpc) is 3.21. The van der Waals surface area contributed by atoms with E-state index in [-0.39, 0.29) is 12.1 Å². The van der Waals surface area contributed by atoms with E-state index < -0.39 is 6.10 Å². The van der Waals surface area contributed by atoms with Gasteiger partial charge in [0.05, 0.1) is 25.5 Å². The maximum atomic E-state index is 13.0. The van der Waals surface area contributed by atoms with Gasteiger partial charge in [-0.25, -0.2) is 4.52 Å². The van der Waals surface area contributed by atoms with Crippen LogP contribution in [-0.2, 0) is 6.54 Å². The van der Waals surface area contributed by atoms with Gasteiger partial charge in [0.1, 0.15) is 11.3 Å². The molecule has 0 amide bonds. The molecule has 2 aromatic heterocycles. The summed E-state index contributed by atoms with van der Waals surface area (Å²) in [5, 5.41) is 15.1. The maximum absolute atomic E-state index is 13.0. The number of nitrogens with zero attached hydrogens (tertiary/aromatic N) is 3. The summed E-state index contributed by atoms with van der Waals surface area (Å²) in [6, 6.07) is 17.2. The number of benzene rings is 2. The van der Waals surface area contributed by atoms with E-state index in [0.29, 0.717) is 17.1 Å². The Morgan fingerprint density at radius 3 is 2.30 bits per heavy atom. The van der Waals surface area contributed by atoms with Crippen molar-refractivity contribution in [1.29, 1.82) is 0 Å². The Morgan fingerprint density at radius 1 is 1.00 bits per heavy atom. The fourth-order valence-corrected chi connectivity index (χ4v) is 3.47. The van der Waals surface area contributed by atoms with Gasteiger partial charge in [-0.15, -0.1) is 0 Å². The lowest BCUT2D eigenvalue weighted by atomic mass is 10.00. The standard InChI is InChI=1S/C24H25N3O3/c1-16(2)17-4-6-19(7-5-17)23(28)15-26-12-13-27-22(24(26)29)14-21(25-27)18-8-10-20(30-3)11-9-18/h4-14,16,23,28H,15H2,1-3H3/t23-/m1/s1. The van der Waals surface area contributed by atoms with Crippen molar-refractivity contribution in [3.63, 3.8) is 0 Å². The molecule has 4 rings (SSSR count). The zero-order valence-electron chi connectivity index (χ0n) is 17.3. The second kappa shape index (κ2) is 8.16. The Bertz CT molecular complexity index is 1210. The molecule has 0 aliphatic rings. The first kappa shape index (κ1) is 19.9. The fraction of sp³-hybridized carbons (Fsp3) is 0.250. The van der Waals surface area contributed by atoms with E-state index in [1.807, 2.05) is 48.5 Å². The van der Waals surface area contributed by atoms with E-state index in [0.717, 1.165) is 16.9 Å². The fourth-order valence-electron chi connectivity index (χ4n) is 3.47. The Hall–Kier alpha value is -3.38. The van der Waals surface area contributed by atoms with Gasteiger partial charge in [-0.05, 0) is 47.4 Å². The molecule has 1 N–H and O–H groups in total. The molecule has 1 atom stereocenters. The molecule has 0 aliphatic heterocycles. The van der Waals surface area contributed by atoms with E-state index in [9.17, 15) is 9.90 Å². The van der Waals surface area contributed by atoms with E-state index in [1.165, 1.54) is 10.1 Å². The molecule has 0 saturated carbocycles. The number of fused-ring (bicyclic) bond motifs is 1. The minimum absolute atomic E-state index is 0.180. The lowest BCUT2D eigenvalue weighted by molar-refractivity contribution is 0.155. The molecule has 0 bridgehead atoms. The topological polar surface area (TPSA) is 68.8 Å². The van der Waals surface area contributed by atoms with E-state index in [1.54, 1.807) is 30.1 Å². The zero-order valence-corrected chi connectivity index (χ0v) is 17.3. The number of methoxy groups -OCH3 is 1. The van der Waals surface area contributed by atoms with Crippen molar-refractivity contribution in [2.24, 2.45) is 0 Å². The van der Waals surface area contributed by atoms with Crippen LogP contribution in [0.25, 0.3) is 16.8 Å². The van der Waals surface area contributed by atoms with Gasteiger partial charge < -0.3 is 14.4 Å². The first-order chi connectivity index (χ1) is 14.5. The number of aliphatic hydroxyl groups excluding tert-OH is 1. The highest BCUT2D eigenvalue weighted by molar-refractivity contribution is 5.66. The second-order valence-electron chi connectivity index (χ2n) is 7.68. The van der Waals surface area contributed by atoms with Crippen LogP contribution in [0.1, 0.15) is 37.0 Å². The van der Waals surface area contributed by atoms with Crippen LogP contribution in [0, 0.1) is 0 Å². The number of aromatic nitrogens is 3. The third kappa shape index (κ3) is 3.86. The Balaban J connectivity index is 1.60. The van der Waals surface area contributed by atoms with Gasteiger partial charge in [-0.1, -0.05) is 38.1 Å². The highest BCUT2D eigenvalue weighted by Crippen LogP contribution is 2.22. The minimum atomic E-state index is -0.768. The van der Waals surface area contributed by atoms with Crippen LogP contribution in [-0.4, -0.2) is 26.4 Å². The third-order valence-electron chi connectivity index (χ3n) is 5.35. The summed E-state index contributed by atoms with van der Waals surface area (Å²) in [4.78, 5) is 13.0. The van der Waals surface area contributed by atoms with E-state index in [4.69, 9.17) is 4.74 Å². The number of aliphatic hydroxyl groups is 1. The molecule has 30 heavy (non-hydrogen) atoms. The van der Waals surface area contributed by atoms with Crippen molar-refractivity contribution in [2.75, 3.05) is 7.11 Å². The van der Waals surface area contributed by atoms with Crippen LogP contribution in [0.5, 0.6) is 5.75 Å². The van der Waals surface area contributed by atoms with Crippen molar-refractivity contribution >= 4 is 5.52 Å². The molecule has 6 heteroatoms. The number of hydrogen-bond donors (Lipinski definition) is 1. The van der Waals surface area contributed by atoms with Gasteiger partial charge in [0.2, 0.25) is 0 Å². The lowest BCUT2D eigenvalue weighted by Crippen LogP contribution is -2.24. The molecule has 0 aliphatic carbocycles. The molecule has 0 fully saturated rings. The monoisotopic (exact) mass is 403 g/mol. The average molecular weight is 403 g/mol. The molecular formula is C24H25N3O3. The van der Waals surface area contributed by atoms with Gasteiger partial charge in [-0.2, -0.15) is 5.10 Å². The first-order valence-electron chi connectivity index (χ1n) is 9.97. The van der Waals surface area contributed by atoms with Crippen LogP contribution in [0.4, 0.5) is 0 Å². The quantitative estimate of drug-likeness (QED) is 0.528. The molecule has 2 aromatic carbocycles. The molecule has 6 nitrogen and oxygen atoms in total. The van der Waals surface area contributed by atoms with E-state index in [2.05, 4.69) is 18.9 Å². The summed E-state index contributed by atoms with van der Waals surface area (Å²) in [7, 11) is 1.62. The van der Waals surface area contributed by atoms with Crippen molar-refractivity contribution < 1.29 is 9.84 Å². The largest absolute Gasteiger partial charge is 0.497 e. The van der Waals surface area contributed by atoms with Crippen LogP contribution in [0.2, 0.25) is 0 Å². The van der Waals surface area contributed by atoms with Gasteiger partial charge >= 0.3 is 0 Å². The Morgan fingerprint density at radius 2 is 1.67 bits per heavy atom. The van der Waals surface area contributed by atoms with Gasteiger partial charge in [0.25, 0.3) is 5.56 Å². The summed E-state index contributed by atoms with van der Waals surface area (Å²) in [6.45, 7) is 4.44. The summed E-state index contributed by atoms with van der Waals surface area (Å²) in [6.07, 6.45) is 2.62. The molecule has 0 unspecified atom stereocenters. The molecule has 0 spiro atoms. The van der Waals surface area contributed by atoms with Gasteiger partial charge in [0, 0.05) is 18.0 Å². The molecule has 0 saturated heterocycles. The SMILES string of the molecule is COc1ccc(-c2cc3c(=O)n(C[C@@H](O)c4ccc(C(C)C)cc4)ccn3n2)cc1. The summed E-state index contributed by atoms with van der Waals surface area (Å²) in [5.74, 6) is 1.20. The third-order valence-corrected chi connectivity index (χ3v) is 5.35. The van der Waals surface area contributed by atoms with Gasteiger partial charge in [0.15, 0.2) is 0 Å². The van der Waals surface area contributed by atoms with Gasteiger partial charge in [-0.3, -0.25) is 4.79 Å². The van der Waals surface area contributed by atoms with Crippen molar-refractivity contribution in [3.05, 3.63) is 88.5 Å². The summed E-state index contributed by atoms with van der Waals surface area (Å²) < 4.78 is 8.28. The lowest BCUT2D eigenvalue weighted by Gasteiger charge is -2.14. The first-order valence-corrected chi connectivity index (χ1v) is 9.97. The Kier molecular flexibility index (Phi) is 5.42. The highest BCUT2D eigenvalue weighted by Gasteiger charge is 2.13. The normalized spacial score (nSPS) is 12.4. The van der Waals surface area contributed by atoms with Crippen LogP contribution >= 0.6 is 0 Å². The molecule has 4 aromatic rings. The zero-order chi connectivity index (χ0) is 21.3. The number of hydrogen-bond acceptors (Lipinski definition) is 4. The van der Waals surface area contributed by atoms with Crippen LogP contribution in [0.3, 0.4) is 0 Å². The second-order valence-corrected chi connectivity index (χ2v) is 7.68. The van der Waals surface area contributed by atoms with Crippen molar-refractivity contribution in [2.45, 2.75) is 32.4 Å². The molecule has 0 radical (unpaired) electrons. The van der Waals surface area contributed by atoms with Crippen molar-refractivity contribution in [3.8, 4) is 17.0 Å². The number of ether oxygens (including phenoxy) is 1. The summed E-state index contributed by atoms with van der Waals surface area (Å²) >= 11 is 0. The Labute approximate surface area is 175 Å². The van der Waals surface area contributed by atoms with Crippen LogP contribution in [0.15, 0.2) is 71.8 Å². The van der Waals surface area contributed by atoms with Crippen molar-refractivity contribution in [1.82, 2.24) is 14.2 Å². The predicted molar refractivity (Wildman–Crippen MR) is 117 cm³/mol. The molecule has 154 valence electrons.